The van der Waals surface area contributed by atoms with Crippen molar-refractivity contribution in [1.29, 1.82) is 0 Å². The van der Waals surface area contributed by atoms with E-state index in [9.17, 15) is 0 Å². The van der Waals surface area contributed by atoms with E-state index in [-0.39, 0.29) is 0 Å². The van der Waals surface area contributed by atoms with Gasteiger partial charge in [-0.15, -0.1) is 0 Å². The molecule has 12 heavy (non-hydrogen) atoms. The molecule has 0 spiro atoms. The topological polar surface area (TPSA) is 0 Å². The average Bonchev–Trinajstić information content (AvgIpc) is 2.59. The van der Waals surface area contributed by atoms with Crippen molar-refractivity contribution in [3.8, 4) is 0 Å². The van der Waals surface area contributed by atoms with Crippen molar-refractivity contribution in [2.75, 3.05) is 0 Å². The summed E-state index contributed by atoms with van der Waals surface area (Å²) >= 11 is 0. The highest BCUT2D eigenvalue weighted by molar-refractivity contribution is 5.07. The van der Waals surface area contributed by atoms with Crippen LogP contribution in [0.15, 0.2) is 0 Å². The smallest absolute Gasteiger partial charge is 0.0581 e. The van der Waals surface area contributed by atoms with Crippen molar-refractivity contribution in [1.82, 2.24) is 0 Å². The van der Waals surface area contributed by atoms with Crippen molar-refractivity contribution in [2.24, 2.45) is 17.8 Å². The van der Waals surface area contributed by atoms with Crippen LogP contribution in [-0.4, -0.2) is 0 Å². The van der Waals surface area contributed by atoms with Gasteiger partial charge in [0, 0.05) is 0 Å². The number of hydrogen-bond donors (Lipinski definition) is 0. The minimum absolute atomic E-state index is 0.954. The summed E-state index contributed by atoms with van der Waals surface area (Å²) < 4.78 is 0. The molecule has 3 unspecified atom stereocenters. The van der Waals surface area contributed by atoms with Crippen molar-refractivity contribution >= 4 is 0 Å². The van der Waals surface area contributed by atoms with Crippen LogP contribution in [0.1, 0.15) is 52.4 Å². The van der Waals surface area contributed by atoms with Crippen LogP contribution in [0.5, 0.6) is 0 Å². The zero-order chi connectivity index (χ0) is 8.55. The van der Waals surface area contributed by atoms with Gasteiger partial charge in [-0.1, -0.05) is 6.92 Å². The van der Waals surface area contributed by atoms with Crippen LogP contribution in [0.3, 0.4) is 0 Å². The van der Waals surface area contributed by atoms with Gasteiger partial charge in [-0.25, -0.2) is 0 Å². The third kappa shape index (κ3) is 1.36. The minimum Gasteiger partial charge on any atom is -0.0581 e. The van der Waals surface area contributed by atoms with E-state index in [1.54, 1.807) is 0 Å². The van der Waals surface area contributed by atoms with Gasteiger partial charge in [-0.05, 0) is 44.9 Å². The molecule has 2 fully saturated rings. The maximum absolute atomic E-state index is 2.45. The van der Waals surface area contributed by atoms with Crippen LogP contribution in [0.25, 0.3) is 0 Å². The monoisotopic (exact) mass is 165 g/mol. The molecule has 0 aromatic rings. The Morgan fingerprint density at radius 3 is 2.33 bits per heavy atom. The average molecular weight is 165 g/mol. The summed E-state index contributed by atoms with van der Waals surface area (Å²) in [4.78, 5) is 0. The molecule has 0 amide bonds. The van der Waals surface area contributed by atoms with Crippen LogP contribution < -0.4 is 0 Å². The lowest BCUT2D eigenvalue weighted by Crippen LogP contribution is -2.17. The fourth-order valence-electron chi connectivity index (χ4n) is 3.29. The van der Waals surface area contributed by atoms with Crippen LogP contribution in [-0.2, 0) is 0 Å². The summed E-state index contributed by atoms with van der Waals surface area (Å²) in [7, 11) is 0. The van der Waals surface area contributed by atoms with Gasteiger partial charge < -0.3 is 0 Å². The molecule has 0 heteroatoms. The Morgan fingerprint density at radius 2 is 1.83 bits per heavy atom. The van der Waals surface area contributed by atoms with Gasteiger partial charge in [0.05, 0.1) is 18.3 Å². The lowest BCUT2D eigenvalue weighted by atomic mass is 9.79. The second-order valence-electron chi connectivity index (χ2n) is 4.88. The van der Waals surface area contributed by atoms with E-state index in [0.717, 1.165) is 17.8 Å². The van der Waals surface area contributed by atoms with Crippen molar-refractivity contribution in [3.63, 3.8) is 0 Å². The molecule has 2 rings (SSSR count). The van der Waals surface area contributed by atoms with Gasteiger partial charge in [0.15, 0.2) is 0 Å². The molecule has 0 bridgehead atoms. The molecule has 2 saturated carbocycles. The molecule has 0 heterocycles. The van der Waals surface area contributed by atoms with Crippen LogP contribution in [0.4, 0.5) is 0 Å². The Kier molecular flexibility index (Phi) is 2.34. The lowest BCUT2D eigenvalue weighted by Gasteiger charge is -2.16. The maximum Gasteiger partial charge on any atom is 0.103 e. The summed E-state index contributed by atoms with van der Waals surface area (Å²) in [6.45, 7) is 4.89. The van der Waals surface area contributed by atoms with Crippen LogP contribution in [0, 0.1) is 23.7 Å². The normalized spacial score (nSPS) is 42.5. The van der Waals surface area contributed by atoms with E-state index >= 15 is 0 Å². The molecular formula is C12H21+. The molecule has 68 valence electrons. The molecule has 0 saturated heterocycles. The fraction of sp³-hybridized carbons (Fsp3) is 0.917. The molecule has 0 aliphatic heterocycles. The SMILES string of the molecule is CC1CCC[C+]1C1CCCC1C. The molecule has 0 nitrogen and oxygen atoms in total. The van der Waals surface area contributed by atoms with Crippen molar-refractivity contribution in [3.05, 3.63) is 5.92 Å². The Bertz CT molecular complexity index is 132. The van der Waals surface area contributed by atoms with Gasteiger partial charge >= 0.3 is 0 Å². The van der Waals surface area contributed by atoms with Gasteiger partial charge in [0.25, 0.3) is 0 Å². The van der Waals surface area contributed by atoms with Gasteiger partial charge in [0.1, 0.15) is 5.92 Å². The third-order valence-corrected chi connectivity index (χ3v) is 4.07. The molecule has 2 aliphatic carbocycles. The summed E-state index contributed by atoms with van der Waals surface area (Å²) in [5.74, 6) is 4.90. The lowest BCUT2D eigenvalue weighted by molar-refractivity contribution is 0.384. The minimum atomic E-state index is 0.954. The largest absolute Gasteiger partial charge is 0.103 e. The molecule has 0 aromatic carbocycles. The second kappa shape index (κ2) is 3.32. The molecular weight excluding hydrogens is 144 g/mol. The van der Waals surface area contributed by atoms with Crippen LogP contribution in [0.2, 0.25) is 0 Å². The molecule has 3 atom stereocenters. The highest BCUT2D eigenvalue weighted by atomic mass is 14.4. The highest BCUT2D eigenvalue weighted by Crippen LogP contribution is 2.47. The summed E-state index contributed by atoms with van der Waals surface area (Å²) in [6, 6.07) is 0. The van der Waals surface area contributed by atoms with E-state index in [1.807, 2.05) is 5.92 Å². The van der Waals surface area contributed by atoms with E-state index in [4.69, 9.17) is 0 Å². The first-order valence-corrected chi connectivity index (χ1v) is 5.64. The molecule has 0 radical (unpaired) electrons. The first-order chi connectivity index (χ1) is 5.79. The quantitative estimate of drug-likeness (QED) is 0.518. The Morgan fingerprint density at radius 1 is 1.00 bits per heavy atom. The first-order valence-electron chi connectivity index (χ1n) is 5.64. The zero-order valence-corrected chi connectivity index (χ0v) is 8.47. The Labute approximate surface area is 76.7 Å². The summed E-state index contributed by atoms with van der Waals surface area (Å²) in [5.41, 5.74) is 0. The summed E-state index contributed by atoms with van der Waals surface area (Å²) in [5, 5.41) is 0. The summed E-state index contributed by atoms with van der Waals surface area (Å²) in [6.07, 6.45) is 8.87. The third-order valence-electron chi connectivity index (χ3n) is 4.07. The Hall–Kier alpha value is -0.130. The van der Waals surface area contributed by atoms with Gasteiger partial charge in [0.2, 0.25) is 0 Å². The van der Waals surface area contributed by atoms with Gasteiger partial charge in [-0.3, -0.25) is 0 Å². The maximum atomic E-state index is 2.45. The predicted octanol–water partition coefficient (Wildman–Crippen LogP) is 3.82. The van der Waals surface area contributed by atoms with E-state index < -0.39 is 0 Å². The van der Waals surface area contributed by atoms with Crippen LogP contribution >= 0.6 is 0 Å². The second-order valence-corrected chi connectivity index (χ2v) is 4.88. The number of rotatable bonds is 1. The van der Waals surface area contributed by atoms with E-state index in [2.05, 4.69) is 13.8 Å². The fourth-order valence-corrected chi connectivity index (χ4v) is 3.29. The number of hydrogen-bond acceptors (Lipinski definition) is 0. The highest BCUT2D eigenvalue weighted by Gasteiger charge is 2.45. The first kappa shape index (κ1) is 8.47. The van der Waals surface area contributed by atoms with E-state index in [1.165, 1.54) is 38.5 Å². The molecule has 0 aromatic heterocycles. The van der Waals surface area contributed by atoms with Gasteiger partial charge in [-0.2, -0.15) is 0 Å². The van der Waals surface area contributed by atoms with Crippen molar-refractivity contribution < 1.29 is 0 Å². The molecule has 2 aliphatic rings. The Balaban J connectivity index is 1.98. The zero-order valence-electron chi connectivity index (χ0n) is 8.47. The van der Waals surface area contributed by atoms with Crippen molar-refractivity contribution in [2.45, 2.75) is 52.4 Å². The standard InChI is InChI=1S/C12H21/c1-9-5-3-7-11(9)12-8-4-6-10(12)2/h9-11H,3-8H2,1-2H3/q+1. The van der Waals surface area contributed by atoms with E-state index in [0.29, 0.717) is 0 Å². The molecule has 0 N–H and O–H groups in total. The predicted molar refractivity (Wildman–Crippen MR) is 52.8 cm³/mol.